The molecule has 1 aliphatic rings. The summed E-state index contributed by atoms with van der Waals surface area (Å²) in [5.41, 5.74) is 0.201. The number of rotatable bonds is 4. The molecule has 24 heavy (non-hydrogen) atoms. The number of ether oxygens (including phenoxy) is 1. The standard InChI is InChI=1S/C17H22N2O5/c1-11-7-12(2)9-18(8-11)16(20)10-24-17(21)14-5-4-6-15(13(14)3)19(22)23/h4-6,11-12H,7-10H2,1-3H3/t11-,12-/m1/s1. The molecule has 1 saturated heterocycles. The molecule has 1 aromatic rings. The molecule has 1 aliphatic heterocycles. The lowest BCUT2D eigenvalue weighted by Crippen LogP contribution is -2.44. The summed E-state index contributed by atoms with van der Waals surface area (Å²) < 4.78 is 5.08. The first-order chi connectivity index (χ1) is 11.3. The van der Waals surface area contributed by atoms with Gasteiger partial charge in [-0.1, -0.05) is 19.9 Å². The van der Waals surface area contributed by atoms with Gasteiger partial charge in [-0.3, -0.25) is 14.9 Å². The summed E-state index contributed by atoms with van der Waals surface area (Å²) in [6.07, 6.45) is 1.08. The van der Waals surface area contributed by atoms with Gasteiger partial charge in [0.05, 0.1) is 10.5 Å². The van der Waals surface area contributed by atoms with Crippen LogP contribution in [0.15, 0.2) is 18.2 Å². The fourth-order valence-electron chi connectivity index (χ4n) is 3.21. The van der Waals surface area contributed by atoms with Gasteiger partial charge in [0.2, 0.25) is 0 Å². The Kier molecular flexibility index (Phi) is 5.54. The van der Waals surface area contributed by atoms with Gasteiger partial charge in [0.25, 0.3) is 11.6 Å². The number of esters is 1. The molecule has 1 heterocycles. The van der Waals surface area contributed by atoms with Crippen molar-refractivity contribution in [2.75, 3.05) is 19.7 Å². The summed E-state index contributed by atoms with van der Waals surface area (Å²) in [5, 5.41) is 10.9. The second-order valence-corrected chi connectivity index (χ2v) is 6.53. The van der Waals surface area contributed by atoms with Gasteiger partial charge in [-0.25, -0.2) is 4.79 Å². The van der Waals surface area contributed by atoms with E-state index in [9.17, 15) is 19.7 Å². The van der Waals surface area contributed by atoms with Gasteiger partial charge in [-0.2, -0.15) is 0 Å². The van der Waals surface area contributed by atoms with E-state index in [2.05, 4.69) is 13.8 Å². The molecule has 2 rings (SSSR count). The summed E-state index contributed by atoms with van der Waals surface area (Å²) >= 11 is 0. The van der Waals surface area contributed by atoms with Crippen LogP contribution in [0, 0.1) is 28.9 Å². The van der Waals surface area contributed by atoms with Crippen molar-refractivity contribution in [2.24, 2.45) is 11.8 Å². The highest BCUT2D eigenvalue weighted by Gasteiger charge is 2.26. The Morgan fingerprint density at radius 1 is 1.29 bits per heavy atom. The highest BCUT2D eigenvalue weighted by molar-refractivity contribution is 5.93. The van der Waals surface area contributed by atoms with Crippen molar-refractivity contribution in [2.45, 2.75) is 27.2 Å². The molecule has 0 N–H and O–H groups in total. The Hall–Kier alpha value is -2.44. The van der Waals surface area contributed by atoms with Crippen molar-refractivity contribution in [3.05, 3.63) is 39.4 Å². The maximum absolute atomic E-state index is 12.2. The molecule has 0 aromatic heterocycles. The van der Waals surface area contributed by atoms with Crippen LogP contribution in [0.3, 0.4) is 0 Å². The van der Waals surface area contributed by atoms with Gasteiger partial charge in [0, 0.05) is 24.7 Å². The van der Waals surface area contributed by atoms with Gasteiger partial charge < -0.3 is 9.64 Å². The van der Waals surface area contributed by atoms with E-state index < -0.39 is 10.9 Å². The largest absolute Gasteiger partial charge is 0.452 e. The minimum absolute atomic E-state index is 0.109. The van der Waals surface area contributed by atoms with E-state index in [4.69, 9.17) is 4.74 Å². The van der Waals surface area contributed by atoms with Crippen LogP contribution < -0.4 is 0 Å². The van der Waals surface area contributed by atoms with Crippen molar-refractivity contribution in [1.82, 2.24) is 4.90 Å². The van der Waals surface area contributed by atoms with Crippen LogP contribution in [0.1, 0.15) is 36.2 Å². The maximum Gasteiger partial charge on any atom is 0.339 e. The third-order valence-corrected chi connectivity index (χ3v) is 4.27. The lowest BCUT2D eigenvalue weighted by Gasteiger charge is -2.34. The van der Waals surface area contributed by atoms with Crippen LogP contribution >= 0.6 is 0 Å². The van der Waals surface area contributed by atoms with E-state index in [-0.39, 0.29) is 29.3 Å². The molecule has 0 bridgehead atoms. The van der Waals surface area contributed by atoms with Crippen molar-refractivity contribution in [1.29, 1.82) is 0 Å². The summed E-state index contributed by atoms with van der Waals surface area (Å²) in [6.45, 7) is 6.65. The minimum Gasteiger partial charge on any atom is -0.452 e. The number of benzene rings is 1. The number of nitro groups is 1. The van der Waals surface area contributed by atoms with Gasteiger partial charge in [-0.15, -0.1) is 0 Å². The van der Waals surface area contributed by atoms with Crippen LogP contribution in [0.25, 0.3) is 0 Å². The number of hydrogen-bond donors (Lipinski definition) is 0. The number of amides is 1. The quantitative estimate of drug-likeness (QED) is 0.479. The van der Waals surface area contributed by atoms with E-state index in [1.807, 2.05) is 0 Å². The van der Waals surface area contributed by atoms with E-state index in [0.29, 0.717) is 24.9 Å². The highest BCUT2D eigenvalue weighted by Crippen LogP contribution is 2.23. The summed E-state index contributed by atoms with van der Waals surface area (Å²) in [6, 6.07) is 4.21. The Labute approximate surface area is 140 Å². The van der Waals surface area contributed by atoms with Crippen molar-refractivity contribution in [3.63, 3.8) is 0 Å². The minimum atomic E-state index is -0.720. The highest BCUT2D eigenvalue weighted by atomic mass is 16.6. The number of nitrogens with zero attached hydrogens (tertiary/aromatic N) is 2. The number of nitro benzene ring substituents is 1. The van der Waals surface area contributed by atoms with E-state index in [1.165, 1.54) is 25.1 Å². The predicted molar refractivity (Wildman–Crippen MR) is 87.6 cm³/mol. The van der Waals surface area contributed by atoms with Gasteiger partial charge in [0.1, 0.15) is 0 Å². The number of likely N-dealkylation sites (tertiary alicyclic amines) is 1. The molecule has 1 amide bonds. The van der Waals surface area contributed by atoms with E-state index in [1.54, 1.807) is 4.90 Å². The van der Waals surface area contributed by atoms with E-state index in [0.717, 1.165) is 6.42 Å². The Bertz CT molecular complexity index is 648. The first-order valence-electron chi connectivity index (χ1n) is 7.98. The molecule has 0 radical (unpaired) electrons. The normalized spacial score (nSPS) is 20.5. The zero-order valence-electron chi connectivity index (χ0n) is 14.2. The zero-order valence-corrected chi connectivity index (χ0v) is 14.2. The molecule has 1 fully saturated rings. The van der Waals surface area contributed by atoms with Crippen LogP contribution in [0.4, 0.5) is 5.69 Å². The van der Waals surface area contributed by atoms with Crippen molar-refractivity contribution in [3.8, 4) is 0 Å². The van der Waals surface area contributed by atoms with E-state index >= 15 is 0 Å². The molecule has 0 spiro atoms. The monoisotopic (exact) mass is 334 g/mol. The molecule has 2 atom stereocenters. The van der Waals surface area contributed by atoms with Crippen LogP contribution in [-0.2, 0) is 9.53 Å². The average Bonchev–Trinajstić information content (AvgIpc) is 2.51. The number of piperidine rings is 1. The third-order valence-electron chi connectivity index (χ3n) is 4.27. The molecule has 0 saturated carbocycles. The molecule has 7 nitrogen and oxygen atoms in total. The Morgan fingerprint density at radius 2 is 1.92 bits per heavy atom. The Morgan fingerprint density at radius 3 is 2.50 bits per heavy atom. The number of hydrogen-bond acceptors (Lipinski definition) is 5. The van der Waals surface area contributed by atoms with Crippen LogP contribution in [-0.4, -0.2) is 41.4 Å². The molecule has 0 aliphatic carbocycles. The molecule has 0 unspecified atom stereocenters. The first kappa shape index (κ1) is 17.9. The summed E-state index contributed by atoms with van der Waals surface area (Å²) in [5.74, 6) is -0.104. The van der Waals surface area contributed by atoms with Gasteiger partial charge in [-0.05, 0) is 31.2 Å². The average molecular weight is 334 g/mol. The van der Waals surface area contributed by atoms with Crippen molar-refractivity contribution < 1.29 is 19.2 Å². The Balaban J connectivity index is 1.99. The SMILES string of the molecule is Cc1c(C(=O)OCC(=O)N2C[C@H](C)C[C@@H](C)C2)cccc1[N+](=O)[O-]. The first-order valence-corrected chi connectivity index (χ1v) is 7.98. The topological polar surface area (TPSA) is 89.8 Å². The second-order valence-electron chi connectivity index (χ2n) is 6.53. The predicted octanol–water partition coefficient (Wildman–Crippen LogP) is 2.56. The molecule has 130 valence electrons. The summed E-state index contributed by atoms with van der Waals surface area (Å²) in [4.78, 5) is 36.5. The van der Waals surface area contributed by atoms with Gasteiger partial charge >= 0.3 is 5.97 Å². The zero-order chi connectivity index (χ0) is 17.9. The number of carbonyl (C=O) groups excluding carboxylic acids is 2. The van der Waals surface area contributed by atoms with Crippen molar-refractivity contribution >= 4 is 17.6 Å². The lowest BCUT2D eigenvalue weighted by atomic mass is 9.92. The molecular formula is C17H22N2O5. The fraction of sp³-hybridized carbons (Fsp3) is 0.529. The molecule has 1 aromatic carbocycles. The van der Waals surface area contributed by atoms with Gasteiger partial charge in [0.15, 0.2) is 6.61 Å². The molecule has 7 heteroatoms. The second kappa shape index (κ2) is 7.42. The summed E-state index contributed by atoms with van der Waals surface area (Å²) in [7, 11) is 0. The maximum atomic E-state index is 12.2. The number of carbonyl (C=O) groups is 2. The van der Waals surface area contributed by atoms with Crippen LogP contribution in [0.2, 0.25) is 0 Å². The smallest absolute Gasteiger partial charge is 0.339 e. The van der Waals surface area contributed by atoms with Crippen LogP contribution in [0.5, 0.6) is 0 Å². The lowest BCUT2D eigenvalue weighted by molar-refractivity contribution is -0.385. The third kappa shape index (κ3) is 4.10. The fourth-order valence-corrected chi connectivity index (χ4v) is 3.21. The molecular weight excluding hydrogens is 312 g/mol.